The van der Waals surface area contributed by atoms with Gasteiger partial charge in [0.25, 0.3) is 0 Å². The molecule has 126 valence electrons. The number of benzene rings is 1. The largest absolute Gasteiger partial charge is 0.493 e. The van der Waals surface area contributed by atoms with Crippen molar-refractivity contribution in [3.05, 3.63) is 87.7 Å². The summed E-state index contributed by atoms with van der Waals surface area (Å²) in [5.74, 6) is 0.638. The first-order valence-electron chi connectivity index (χ1n) is 7.07. The SMILES string of the molecule is COc1ccc(C(=O)O[C]2[CH][CH][CH][CH]2)cc1OC.[CH]1[CH][CH][CH][CH]1.[Fe]. The number of rotatable bonds is 4. The fourth-order valence-electron chi connectivity index (χ4n) is 1.87. The van der Waals surface area contributed by atoms with Crippen LogP contribution >= 0.6 is 0 Å². The van der Waals surface area contributed by atoms with Crippen molar-refractivity contribution in [2.45, 2.75) is 0 Å². The van der Waals surface area contributed by atoms with E-state index in [0.717, 1.165) is 0 Å². The van der Waals surface area contributed by atoms with Crippen molar-refractivity contribution in [3.8, 4) is 11.5 Å². The molecule has 2 saturated carbocycles. The summed E-state index contributed by atoms with van der Waals surface area (Å²) in [5, 5.41) is 0. The summed E-state index contributed by atoms with van der Waals surface area (Å²) >= 11 is 0. The molecule has 2 aliphatic carbocycles. The number of hydrogen-bond donors (Lipinski definition) is 0. The third-order valence-electron chi connectivity index (χ3n) is 3.02. The minimum absolute atomic E-state index is 0. The van der Waals surface area contributed by atoms with Crippen molar-refractivity contribution in [2.24, 2.45) is 0 Å². The van der Waals surface area contributed by atoms with Crippen molar-refractivity contribution >= 4 is 5.97 Å². The van der Waals surface area contributed by atoms with Crippen LogP contribution in [-0.2, 0) is 21.8 Å². The monoisotopic (exact) mass is 366 g/mol. The fourth-order valence-corrected chi connectivity index (χ4v) is 1.87. The van der Waals surface area contributed by atoms with Crippen molar-refractivity contribution in [1.29, 1.82) is 0 Å². The third kappa shape index (κ3) is 6.37. The van der Waals surface area contributed by atoms with Crippen LogP contribution in [0.5, 0.6) is 11.5 Å². The van der Waals surface area contributed by atoms with Gasteiger partial charge >= 0.3 is 5.97 Å². The van der Waals surface area contributed by atoms with Gasteiger partial charge in [-0.3, -0.25) is 0 Å². The molecule has 0 bridgehead atoms. The van der Waals surface area contributed by atoms with Crippen molar-refractivity contribution < 1.29 is 36.1 Å². The molecule has 5 heteroatoms. The normalized spacial score (nSPS) is 16.6. The fraction of sp³-hybridized carbons (Fsp3) is 0.105. The van der Waals surface area contributed by atoms with Gasteiger partial charge in [0.2, 0.25) is 0 Å². The first-order chi connectivity index (χ1) is 11.2. The van der Waals surface area contributed by atoms with Gasteiger partial charge < -0.3 is 14.2 Å². The van der Waals surface area contributed by atoms with E-state index in [1.807, 2.05) is 32.1 Å². The Hall–Kier alpha value is -1.19. The van der Waals surface area contributed by atoms with Crippen molar-refractivity contribution in [2.75, 3.05) is 14.2 Å². The Bertz CT molecular complexity index is 487. The van der Waals surface area contributed by atoms with Gasteiger partial charge in [0.05, 0.1) is 19.8 Å². The second-order valence-electron chi connectivity index (χ2n) is 4.54. The molecule has 24 heavy (non-hydrogen) atoms. The van der Waals surface area contributed by atoms with Crippen LogP contribution in [0.2, 0.25) is 0 Å². The summed E-state index contributed by atoms with van der Waals surface area (Å²) < 4.78 is 15.4. The van der Waals surface area contributed by atoms with E-state index in [1.165, 1.54) is 7.11 Å². The molecule has 2 fully saturated rings. The molecule has 0 aliphatic heterocycles. The number of methoxy groups -OCH3 is 2. The van der Waals surface area contributed by atoms with Gasteiger partial charge in [-0.1, -0.05) is 0 Å². The van der Waals surface area contributed by atoms with Gasteiger partial charge in [-0.25, -0.2) is 4.79 Å². The molecule has 0 aromatic heterocycles. The van der Waals surface area contributed by atoms with Crippen LogP contribution in [0.1, 0.15) is 10.4 Å². The minimum Gasteiger partial charge on any atom is -0.493 e. The molecule has 0 amide bonds. The molecule has 1 aromatic rings. The predicted molar refractivity (Wildman–Crippen MR) is 86.9 cm³/mol. The molecular weight excluding hydrogens is 348 g/mol. The zero-order valence-electron chi connectivity index (χ0n) is 13.4. The van der Waals surface area contributed by atoms with Crippen LogP contribution in [-0.4, -0.2) is 20.2 Å². The molecule has 0 spiro atoms. The zero-order chi connectivity index (χ0) is 16.5. The summed E-state index contributed by atoms with van der Waals surface area (Å²) in [7, 11) is 3.06. The van der Waals surface area contributed by atoms with Crippen LogP contribution in [0.15, 0.2) is 18.2 Å². The van der Waals surface area contributed by atoms with Gasteiger partial charge in [-0.05, 0) is 63.1 Å². The van der Waals surface area contributed by atoms with Gasteiger partial charge in [0.15, 0.2) is 17.6 Å². The molecule has 0 unspecified atom stereocenters. The molecule has 10 radical (unpaired) electrons. The standard InChI is InChI=1S/C14H13O4.C5H5.Fe/c1-16-12-8-7-10(9-13(12)17-2)14(15)18-11-5-3-4-6-11;1-2-4-5-3-1;/h3-9H,1-2H3;1-5H;. The zero-order valence-corrected chi connectivity index (χ0v) is 14.5. The molecule has 0 heterocycles. The van der Waals surface area contributed by atoms with E-state index in [0.29, 0.717) is 23.2 Å². The molecular formula is C19H18FeO4. The first-order valence-corrected chi connectivity index (χ1v) is 7.07. The smallest absolute Gasteiger partial charge is 0.338 e. The van der Waals surface area contributed by atoms with Crippen LogP contribution < -0.4 is 9.47 Å². The summed E-state index contributed by atoms with van der Waals surface area (Å²) in [6.07, 6.45) is 17.6. The second-order valence-corrected chi connectivity index (χ2v) is 4.54. The Morgan fingerprint density at radius 1 is 0.792 bits per heavy atom. The molecule has 1 aromatic carbocycles. The van der Waals surface area contributed by atoms with Crippen LogP contribution in [0, 0.1) is 63.9 Å². The Morgan fingerprint density at radius 2 is 1.33 bits per heavy atom. The van der Waals surface area contributed by atoms with E-state index in [2.05, 4.69) is 0 Å². The van der Waals surface area contributed by atoms with E-state index < -0.39 is 5.97 Å². The van der Waals surface area contributed by atoms with Crippen molar-refractivity contribution in [1.82, 2.24) is 0 Å². The van der Waals surface area contributed by atoms with E-state index in [-0.39, 0.29) is 17.1 Å². The molecule has 0 saturated heterocycles. The summed E-state index contributed by atoms with van der Waals surface area (Å²) in [5.41, 5.74) is 0.411. The number of hydrogen-bond acceptors (Lipinski definition) is 4. The maximum absolute atomic E-state index is 11.9. The van der Waals surface area contributed by atoms with Crippen LogP contribution in [0.3, 0.4) is 0 Å². The topological polar surface area (TPSA) is 44.8 Å². The second kappa shape index (κ2) is 11.4. The van der Waals surface area contributed by atoms with Gasteiger partial charge in [-0.2, -0.15) is 0 Å². The van der Waals surface area contributed by atoms with E-state index in [9.17, 15) is 4.79 Å². The van der Waals surface area contributed by atoms with Gasteiger partial charge in [0, 0.05) is 29.9 Å². The van der Waals surface area contributed by atoms with E-state index >= 15 is 0 Å². The first kappa shape index (κ1) is 20.9. The van der Waals surface area contributed by atoms with Gasteiger partial charge in [0.1, 0.15) is 0 Å². The summed E-state index contributed by atoms with van der Waals surface area (Å²) in [4.78, 5) is 11.9. The minimum atomic E-state index is -0.429. The molecule has 2 aliphatic rings. The van der Waals surface area contributed by atoms with E-state index in [4.69, 9.17) is 14.2 Å². The summed E-state index contributed by atoms with van der Waals surface area (Å²) in [6.45, 7) is 0. The molecule has 0 N–H and O–H groups in total. The molecule has 3 rings (SSSR count). The number of ether oxygens (including phenoxy) is 3. The number of esters is 1. The molecule has 0 atom stereocenters. The Morgan fingerprint density at radius 3 is 1.83 bits per heavy atom. The third-order valence-corrected chi connectivity index (χ3v) is 3.02. The Labute approximate surface area is 155 Å². The number of carbonyl (C=O) groups excluding carboxylic acids is 1. The van der Waals surface area contributed by atoms with Crippen LogP contribution in [0.25, 0.3) is 0 Å². The van der Waals surface area contributed by atoms with Crippen molar-refractivity contribution in [3.63, 3.8) is 0 Å². The van der Waals surface area contributed by atoms with Crippen LogP contribution in [0.4, 0.5) is 0 Å². The molecule has 4 nitrogen and oxygen atoms in total. The van der Waals surface area contributed by atoms with Gasteiger partial charge in [-0.15, -0.1) is 0 Å². The maximum Gasteiger partial charge on any atom is 0.338 e. The Balaban J connectivity index is 0.000000412. The Kier molecular flexibility index (Phi) is 9.89. The average molecular weight is 366 g/mol. The van der Waals surface area contributed by atoms with E-state index in [1.54, 1.807) is 51.0 Å². The number of carbonyl (C=O) groups is 1. The summed E-state index contributed by atoms with van der Waals surface area (Å²) in [6, 6.07) is 4.89. The maximum atomic E-state index is 11.9. The average Bonchev–Trinajstić information content (AvgIpc) is 3.30. The quantitative estimate of drug-likeness (QED) is 0.606. The predicted octanol–water partition coefficient (Wildman–Crippen LogP) is 3.24.